The Bertz CT molecular complexity index is 656. The van der Waals surface area contributed by atoms with E-state index in [9.17, 15) is 9.59 Å². The number of hydrogen-bond acceptors (Lipinski definition) is 3. The molecule has 0 saturated carbocycles. The van der Waals surface area contributed by atoms with Crippen LogP contribution < -0.4 is 4.90 Å². The van der Waals surface area contributed by atoms with Gasteiger partial charge in [0, 0.05) is 35.5 Å². The third-order valence-electron chi connectivity index (χ3n) is 4.59. The van der Waals surface area contributed by atoms with Crippen LogP contribution >= 0.6 is 23.4 Å². The summed E-state index contributed by atoms with van der Waals surface area (Å²) in [5, 5.41) is 0.653. The summed E-state index contributed by atoms with van der Waals surface area (Å²) in [6.07, 6.45) is 3.72. The molecule has 0 aromatic heterocycles. The van der Waals surface area contributed by atoms with Gasteiger partial charge in [-0.2, -0.15) is 0 Å². The number of benzene rings is 1. The van der Waals surface area contributed by atoms with Crippen LogP contribution in [0.25, 0.3) is 0 Å². The highest BCUT2D eigenvalue weighted by Gasteiger charge is 2.31. The highest BCUT2D eigenvalue weighted by Crippen LogP contribution is 2.37. The van der Waals surface area contributed by atoms with E-state index < -0.39 is 0 Å². The van der Waals surface area contributed by atoms with Crippen molar-refractivity contribution in [2.24, 2.45) is 5.92 Å². The molecule has 6 heteroatoms. The lowest BCUT2D eigenvalue weighted by atomic mass is 9.94. The molecule has 0 N–H and O–H groups in total. The molecule has 2 aliphatic heterocycles. The molecule has 0 bridgehead atoms. The van der Waals surface area contributed by atoms with Gasteiger partial charge in [0.05, 0.1) is 5.69 Å². The van der Waals surface area contributed by atoms with Crippen LogP contribution in [0.5, 0.6) is 0 Å². The van der Waals surface area contributed by atoms with Crippen molar-refractivity contribution in [2.75, 3.05) is 30.3 Å². The van der Waals surface area contributed by atoms with Gasteiger partial charge in [0.2, 0.25) is 11.8 Å². The normalized spacial score (nSPS) is 18.7. The highest BCUT2D eigenvalue weighted by molar-refractivity contribution is 7.99. The fourth-order valence-electron chi connectivity index (χ4n) is 3.27. The molecule has 1 fully saturated rings. The van der Waals surface area contributed by atoms with Crippen LogP contribution in [0.15, 0.2) is 35.7 Å². The molecule has 0 aliphatic carbocycles. The molecule has 2 aliphatic rings. The lowest BCUT2D eigenvalue weighted by Crippen LogP contribution is -2.44. The number of hydrogen-bond donors (Lipinski definition) is 0. The Morgan fingerprint density at radius 2 is 2.00 bits per heavy atom. The molecule has 4 nitrogen and oxygen atoms in total. The number of piperidine rings is 1. The average molecular weight is 365 g/mol. The Kier molecular flexibility index (Phi) is 5.51. The number of thioether (sulfide) groups is 1. The number of amides is 2. The molecule has 1 saturated heterocycles. The number of nitrogens with zero attached hydrogens (tertiary/aromatic N) is 2. The number of carbonyl (C=O) groups is 2. The summed E-state index contributed by atoms with van der Waals surface area (Å²) < 4.78 is 0. The standard InChI is InChI=1S/C18H21ClN2O2S/c1-2-17(22)20-9-6-13(7-10-20)18(23)21-8-3-11-24-16-5-4-14(19)12-15(16)21/h2,4-5,12-13H,1,3,6-11H2. The molecule has 2 heterocycles. The molecular formula is C18H21ClN2O2S. The molecule has 3 rings (SSSR count). The van der Waals surface area contributed by atoms with Gasteiger partial charge < -0.3 is 9.80 Å². The number of likely N-dealkylation sites (tertiary alicyclic amines) is 1. The van der Waals surface area contributed by atoms with Gasteiger partial charge in [-0.1, -0.05) is 18.2 Å². The Hall–Kier alpha value is -1.46. The zero-order chi connectivity index (χ0) is 17.1. The summed E-state index contributed by atoms with van der Waals surface area (Å²) >= 11 is 7.93. The van der Waals surface area contributed by atoms with Gasteiger partial charge in [0.15, 0.2) is 0 Å². The number of halogens is 1. The van der Waals surface area contributed by atoms with Crippen LogP contribution in [-0.4, -0.2) is 42.1 Å². The Morgan fingerprint density at radius 1 is 1.25 bits per heavy atom. The van der Waals surface area contributed by atoms with Crippen LogP contribution in [0.2, 0.25) is 5.02 Å². The smallest absolute Gasteiger partial charge is 0.245 e. The van der Waals surface area contributed by atoms with Crippen molar-refractivity contribution >= 4 is 40.9 Å². The van der Waals surface area contributed by atoms with E-state index in [1.54, 1.807) is 16.7 Å². The van der Waals surface area contributed by atoms with Crippen molar-refractivity contribution in [3.05, 3.63) is 35.9 Å². The van der Waals surface area contributed by atoms with Crippen LogP contribution in [-0.2, 0) is 9.59 Å². The Labute approximate surface area is 151 Å². The highest BCUT2D eigenvalue weighted by atomic mass is 35.5. The van der Waals surface area contributed by atoms with E-state index >= 15 is 0 Å². The van der Waals surface area contributed by atoms with Crippen molar-refractivity contribution in [3.8, 4) is 0 Å². The van der Waals surface area contributed by atoms with Crippen LogP contribution in [0.4, 0.5) is 5.69 Å². The summed E-state index contributed by atoms with van der Waals surface area (Å²) in [6, 6.07) is 5.77. The predicted molar refractivity (Wildman–Crippen MR) is 98.6 cm³/mol. The first-order valence-corrected chi connectivity index (χ1v) is 9.61. The second kappa shape index (κ2) is 7.62. The van der Waals surface area contributed by atoms with E-state index in [1.807, 2.05) is 23.1 Å². The molecule has 0 atom stereocenters. The summed E-state index contributed by atoms with van der Waals surface area (Å²) in [5.74, 6) is 1.08. The van der Waals surface area contributed by atoms with Crippen molar-refractivity contribution in [1.82, 2.24) is 4.90 Å². The van der Waals surface area contributed by atoms with E-state index in [1.165, 1.54) is 6.08 Å². The second-order valence-electron chi connectivity index (χ2n) is 6.11. The van der Waals surface area contributed by atoms with Crippen LogP contribution in [0.1, 0.15) is 19.3 Å². The maximum absolute atomic E-state index is 13.1. The van der Waals surface area contributed by atoms with E-state index in [2.05, 4.69) is 6.58 Å². The lowest BCUT2D eigenvalue weighted by molar-refractivity contribution is -0.131. The Balaban J connectivity index is 1.75. The van der Waals surface area contributed by atoms with Gasteiger partial charge in [0.1, 0.15) is 0 Å². The maximum atomic E-state index is 13.1. The molecule has 0 radical (unpaired) electrons. The van der Waals surface area contributed by atoms with Gasteiger partial charge in [0.25, 0.3) is 0 Å². The second-order valence-corrected chi connectivity index (χ2v) is 7.68. The number of fused-ring (bicyclic) bond motifs is 1. The summed E-state index contributed by atoms with van der Waals surface area (Å²) in [4.78, 5) is 29.5. The third-order valence-corrected chi connectivity index (χ3v) is 5.98. The topological polar surface area (TPSA) is 40.6 Å². The molecule has 0 unspecified atom stereocenters. The monoisotopic (exact) mass is 364 g/mol. The number of carbonyl (C=O) groups excluding carboxylic acids is 2. The fraction of sp³-hybridized carbons (Fsp3) is 0.444. The predicted octanol–water partition coefficient (Wildman–Crippen LogP) is 3.59. The van der Waals surface area contributed by atoms with E-state index in [-0.39, 0.29) is 17.7 Å². The SMILES string of the molecule is C=CC(=O)N1CCC(C(=O)N2CCCSc3ccc(Cl)cc32)CC1. The van der Waals surface area contributed by atoms with Crippen molar-refractivity contribution < 1.29 is 9.59 Å². The minimum absolute atomic E-state index is 0.0335. The van der Waals surface area contributed by atoms with Crippen LogP contribution in [0, 0.1) is 5.92 Å². The molecule has 2 amide bonds. The Morgan fingerprint density at radius 3 is 2.71 bits per heavy atom. The number of rotatable bonds is 2. The first kappa shape index (κ1) is 17.4. The van der Waals surface area contributed by atoms with Crippen molar-refractivity contribution in [2.45, 2.75) is 24.2 Å². The zero-order valence-corrected chi connectivity index (χ0v) is 15.1. The van der Waals surface area contributed by atoms with Gasteiger partial charge >= 0.3 is 0 Å². The van der Waals surface area contributed by atoms with Gasteiger partial charge in [-0.05, 0) is 49.3 Å². The summed E-state index contributed by atoms with van der Waals surface area (Å²) in [5.41, 5.74) is 0.930. The maximum Gasteiger partial charge on any atom is 0.245 e. The number of anilines is 1. The minimum atomic E-state index is -0.0517. The molecule has 1 aromatic rings. The van der Waals surface area contributed by atoms with Crippen molar-refractivity contribution in [1.29, 1.82) is 0 Å². The van der Waals surface area contributed by atoms with E-state index in [0.717, 1.165) is 29.3 Å². The fourth-order valence-corrected chi connectivity index (χ4v) is 4.41. The molecule has 1 aromatic carbocycles. The molecule has 24 heavy (non-hydrogen) atoms. The van der Waals surface area contributed by atoms with Gasteiger partial charge in [-0.25, -0.2) is 0 Å². The lowest BCUT2D eigenvalue weighted by Gasteiger charge is -2.34. The molecule has 128 valence electrons. The summed E-state index contributed by atoms with van der Waals surface area (Å²) in [6.45, 7) is 5.49. The van der Waals surface area contributed by atoms with E-state index in [4.69, 9.17) is 11.6 Å². The average Bonchev–Trinajstić information content (AvgIpc) is 2.82. The van der Waals surface area contributed by atoms with Crippen LogP contribution in [0.3, 0.4) is 0 Å². The first-order valence-electron chi connectivity index (χ1n) is 8.25. The van der Waals surface area contributed by atoms with E-state index in [0.29, 0.717) is 31.0 Å². The first-order chi connectivity index (χ1) is 11.6. The summed E-state index contributed by atoms with van der Waals surface area (Å²) in [7, 11) is 0. The van der Waals surface area contributed by atoms with Gasteiger partial charge in [-0.3, -0.25) is 9.59 Å². The van der Waals surface area contributed by atoms with Gasteiger partial charge in [-0.15, -0.1) is 11.8 Å². The quantitative estimate of drug-likeness (QED) is 0.753. The largest absolute Gasteiger partial charge is 0.339 e. The third kappa shape index (κ3) is 3.62. The molecule has 0 spiro atoms. The minimum Gasteiger partial charge on any atom is -0.339 e. The van der Waals surface area contributed by atoms with Crippen molar-refractivity contribution in [3.63, 3.8) is 0 Å². The molecular weight excluding hydrogens is 344 g/mol. The zero-order valence-electron chi connectivity index (χ0n) is 13.5.